The summed E-state index contributed by atoms with van der Waals surface area (Å²) in [5.41, 5.74) is 1.18. The fraction of sp³-hybridized carbons (Fsp3) is 0.625. The Labute approximate surface area is 122 Å². The molecule has 3 heteroatoms. The van der Waals surface area contributed by atoms with Crippen molar-refractivity contribution in [2.24, 2.45) is 0 Å². The fourth-order valence-electron chi connectivity index (χ4n) is 2.82. The predicted octanol–water partition coefficient (Wildman–Crippen LogP) is 3.69. The molecule has 0 unspecified atom stereocenters. The zero-order chi connectivity index (χ0) is 13.5. The second-order valence-electron chi connectivity index (χ2n) is 5.54. The third-order valence-corrected chi connectivity index (χ3v) is 4.48. The van der Waals surface area contributed by atoms with Gasteiger partial charge >= 0.3 is 0 Å². The summed E-state index contributed by atoms with van der Waals surface area (Å²) in [6, 6.07) is 8.85. The molecule has 1 fully saturated rings. The molecule has 0 aliphatic heterocycles. The second kappa shape index (κ2) is 7.88. The van der Waals surface area contributed by atoms with Crippen molar-refractivity contribution in [1.29, 1.82) is 0 Å². The topological polar surface area (TPSA) is 15.3 Å². The number of nitrogens with zero attached hydrogens (tertiary/aromatic N) is 1. The van der Waals surface area contributed by atoms with Crippen LogP contribution in [0.2, 0.25) is 5.02 Å². The summed E-state index contributed by atoms with van der Waals surface area (Å²) in [6.07, 6.45) is 6.99. The molecule has 1 aliphatic rings. The molecule has 2 rings (SSSR count). The summed E-state index contributed by atoms with van der Waals surface area (Å²) in [5.74, 6) is 0. The number of benzene rings is 1. The van der Waals surface area contributed by atoms with Crippen LogP contribution in [0.5, 0.6) is 0 Å². The van der Waals surface area contributed by atoms with Crippen LogP contribution in [0.15, 0.2) is 24.3 Å². The Kier molecular flexibility index (Phi) is 6.15. The molecule has 1 aliphatic carbocycles. The minimum atomic E-state index is 0.802. The minimum absolute atomic E-state index is 0.802. The molecule has 1 saturated carbocycles. The Hall–Kier alpha value is -0.570. The first-order chi connectivity index (χ1) is 9.27. The molecular weight excluding hydrogens is 256 g/mol. The van der Waals surface area contributed by atoms with Crippen molar-refractivity contribution in [2.45, 2.75) is 44.7 Å². The van der Waals surface area contributed by atoms with Gasteiger partial charge in [0.25, 0.3) is 0 Å². The number of halogens is 1. The molecule has 106 valence electrons. The van der Waals surface area contributed by atoms with Crippen molar-refractivity contribution in [3.63, 3.8) is 0 Å². The lowest BCUT2D eigenvalue weighted by molar-refractivity contribution is 0.192. The van der Waals surface area contributed by atoms with E-state index in [1.807, 2.05) is 18.2 Å². The predicted molar refractivity (Wildman–Crippen MR) is 82.7 cm³/mol. The Bertz CT molecular complexity index is 375. The van der Waals surface area contributed by atoms with Crippen LogP contribution in [0.4, 0.5) is 0 Å². The number of nitrogens with one attached hydrogen (secondary N) is 1. The highest BCUT2D eigenvalue weighted by Gasteiger charge is 2.17. The highest BCUT2D eigenvalue weighted by Crippen LogP contribution is 2.21. The molecule has 0 saturated heterocycles. The van der Waals surface area contributed by atoms with E-state index in [0.29, 0.717) is 0 Å². The van der Waals surface area contributed by atoms with Crippen molar-refractivity contribution >= 4 is 11.6 Å². The Morgan fingerprint density at radius 3 is 2.68 bits per heavy atom. The first-order valence-electron chi connectivity index (χ1n) is 7.42. The van der Waals surface area contributed by atoms with Gasteiger partial charge in [0.2, 0.25) is 0 Å². The van der Waals surface area contributed by atoms with Crippen molar-refractivity contribution < 1.29 is 0 Å². The normalized spacial score (nSPS) is 17.0. The molecule has 0 aromatic heterocycles. The maximum Gasteiger partial charge on any atom is 0.0450 e. The van der Waals surface area contributed by atoms with Crippen LogP contribution in [-0.2, 0) is 6.54 Å². The highest BCUT2D eigenvalue weighted by atomic mass is 35.5. The summed E-state index contributed by atoms with van der Waals surface area (Å²) in [7, 11) is 2.26. The standard InChI is InChI=1S/C16H25ClN2/c1-19(15-8-3-2-4-9-15)12-11-18-13-14-7-5-6-10-16(14)17/h5-7,10,15,18H,2-4,8-9,11-13H2,1H3. The molecule has 1 aromatic carbocycles. The molecule has 0 radical (unpaired) electrons. The minimum Gasteiger partial charge on any atom is -0.311 e. The zero-order valence-electron chi connectivity index (χ0n) is 11.9. The van der Waals surface area contributed by atoms with Crippen LogP contribution < -0.4 is 5.32 Å². The third kappa shape index (κ3) is 4.79. The summed E-state index contributed by atoms with van der Waals surface area (Å²) in [6.45, 7) is 3.01. The molecule has 0 spiro atoms. The molecule has 0 atom stereocenters. The van der Waals surface area contributed by atoms with Crippen molar-refractivity contribution in [3.05, 3.63) is 34.9 Å². The molecule has 1 aromatic rings. The molecule has 0 heterocycles. The average molecular weight is 281 g/mol. The van der Waals surface area contributed by atoms with Crippen LogP contribution >= 0.6 is 11.6 Å². The largest absolute Gasteiger partial charge is 0.311 e. The second-order valence-corrected chi connectivity index (χ2v) is 5.95. The first kappa shape index (κ1) is 14.8. The lowest BCUT2D eigenvalue weighted by Crippen LogP contribution is -2.38. The molecular formula is C16H25ClN2. The van der Waals surface area contributed by atoms with E-state index in [-0.39, 0.29) is 0 Å². The van der Waals surface area contributed by atoms with E-state index >= 15 is 0 Å². The maximum atomic E-state index is 6.14. The maximum absolute atomic E-state index is 6.14. The van der Waals surface area contributed by atoms with Gasteiger partial charge in [-0.1, -0.05) is 49.1 Å². The van der Waals surface area contributed by atoms with Crippen molar-refractivity contribution in [1.82, 2.24) is 10.2 Å². The van der Waals surface area contributed by atoms with E-state index in [1.165, 1.54) is 37.7 Å². The summed E-state index contributed by atoms with van der Waals surface area (Å²) >= 11 is 6.14. The number of likely N-dealkylation sites (N-methyl/N-ethyl adjacent to an activating group) is 1. The van der Waals surface area contributed by atoms with Gasteiger partial charge in [0.1, 0.15) is 0 Å². The van der Waals surface area contributed by atoms with Gasteiger partial charge in [-0.15, -0.1) is 0 Å². The van der Waals surface area contributed by atoms with Gasteiger partial charge in [-0.3, -0.25) is 0 Å². The van der Waals surface area contributed by atoms with Gasteiger partial charge in [-0.05, 0) is 31.5 Å². The molecule has 2 nitrogen and oxygen atoms in total. The highest BCUT2D eigenvalue weighted by molar-refractivity contribution is 6.31. The van der Waals surface area contributed by atoms with Gasteiger partial charge in [0, 0.05) is 30.7 Å². The number of hydrogen-bond acceptors (Lipinski definition) is 2. The Morgan fingerprint density at radius 2 is 1.95 bits per heavy atom. The van der Waals surface area contributed by atoms with Gasteiger partial charge in [0.05, 0.1) is 0 Å². The smallest absolute Gasteiger partial charge is 0.0450 e. The van der Waals surface area contributed by atoms with Crippen LogP contribution in [-0.4, -0.2) is 31.1 Å². The fourth-order valence-corrected chi connectivity index (χ4v) is 3.03. The molecule has 1 N–H and O–H groups in total. The van der Waals surface area contributed by atoms with E-state index in [1.54, 1.807) is 0 Å². The van der Waals surface area contributed by atoms with Gasteiger partial charge < -0.3 is 10.2 Å². The van der Waals surface area contributed by atoms with Gasteiger partial charge in [-0.2, -0.15) is 0 Å². The number of rotatable bonds is 6. The van der Waals surface area contributed by atoms with Crippen molar-refractivity contribution in [2.75, 3.05) is 20.1 Å². The van der Waals surface area contributed by atoms with Crippen molar-refractivity contribution in [3.8, 4) is 0 Å². The summed E-state index contributed by atoms with van der Waals surface area (Å²) in [5, 5.41) is 4.34. The van der Waals surface area contributed by atoms with E-state index in [9.17, 15) is 0 Å². The van der Waals surface area contributed by atoms with E-state index < -0.39 is 0 Å². The van der Waals surface area contributed by atoms with E-state index in [0.717, 1.165) is 30.7 Å². The van der Waals surface area contributed by atoms with E-state index in [2.05, 4.69) is 23.3 Å². The van der Waals surface area contributed by atoms with Crippen LogP contribution in [0.25, 0.3) is 0 Å². The van der Waals surface area contributed by atoms with Gasteiger partial charge in [0.15, 0.2) is 0 Å². The zero-order valence-corrected chi connectivity index (χ0v) is 12.6. The lowest BCUT2D eigenvalue weighted by atomic mass is 9.94. The third-order valence-electron chi connectivity index (χ3n) is 4.11. The SMILES string of the molecule is CN(CCNCc1ccccc1Cl)C1CCCCC1. The van der Waals surface area contributed by atoms with Gasteiger partial charge in [-0.25, -0.2) is 0 Å². The Balaban J connectivity index is 1.65. The van der Waals surface area contributed by atoms with Crippen LogP contribution in [0, 0.1) is 0 Å². The lowest BCUT2D eigenvalue weighted by Gasteiger charge is -2.31. The summed E-state index contributed by atoms with van der Waals surface area (Å²) < 4.78 is 0. The Morgan fingerprint density at radius 1 is 1.21 bits per heavy atom. The quantitative estimate of drug-likeness (QED) is 0.800. The monoisotopic (exact) mass is 280 g/mol. The first-order valence-corrected chi connectivity index (χ1v) is 7.79. The summed E-state index contributed by atoms with van der Waals surface area (Å²) in [4.78, 5) is 2.51. The van der Waals surface area contributed by atoms with E-state index in [4.69, 9.17) is 11.6 Å². The molecule has 0 bridgehead atoms. The molecule has 19 heavy (non-hydrogen) atoms. The number of hydrogen-bond donors (Lipinski definition) is 1. The average Bonchev–Trinajstić information content (AvgIpc) is 2.46. The van der Waals surface area contributed by atoms with Crippen LogP contribution in [0.1, 0.15) is 37.7 Å². The molecule has 0 amide bonds. The van der Waals surface area contributed by atoms with Crippen LogP contribution in [0.3, 0.4) is 0 Å².